The van der Waals surface area contributed by atoms with Crippen molar-refractivity contribution in [1.29, 1.82) is 0 Å². The van der Waals surface area contributed by atoms with Crippen LogP contribution in [0.4, 0.5) is 0 Å². The lowest BCUT2D eigenvalue weighted by Crippen LogP contribution is -2.11. The zero-order chi connectivity index (χ0) is 20.8. The largest absolute Gasteiger partial charge is 0.496 e. The molecule has 2 rings (SSSR count). The Morgan fingerprint density at radius 1 is 1.00 bits per heavy atom. The van der Waals surface area contributed by atoms with Crippen LogP contribution in [0.25, 0.3) is 0 Å². The molecule has 146 valence electrons. The van der Waals surface area contributed by atoms with Crippen LogP contribution in [0.3, 0.4) is 0 Å². The van der Waals surface area contributed by atoms with E-state index >= 15 is 0 Å². The maximum Gasteiger partial charge on any atom is 0.248 e. The zero-order valence-electron chi connectivity index (χ0n) is 16.6. The van der Waals surface area contributed by atoms with Crippen molar-refractivity contribution in [2.75, 3.05) is 7.11 Å². The standard InChI is InChI=1S/C10H13NO2.C9H11NO.C3H6/c1-3-7-4-5-8(10(11)12)6-9(7)13-2;1-2-7-4-3-5-8(6-7)9(10)11;1-3-2/h4-6H,3H2,1-2H3,(H2,11,12);3-6H,2H2,1H3,(H2,10,11);3H,1H2,2H3. The van der Waals surface area contributed by atoms with Crippen LogP contribution < -0.4 is 16.2 Å². The van der Waals surface area contributed by atoms with Crippen LogP contribution in [-0.4, -0.2) is 18.9 Å². The first kappa shape index (κ1) is 23.9. The number of nitrogens with two attached hydrogens (primary N) is 2. The predicted octanol–water partition coefficient (Wildman–Crippen LogP) is 3.90. The number of hydrogen-bond donors (Lipinski definition) is 2. The van der Waals surface area contributed by atoms with E-state index in [4.69, 9.17) is 16.2 Å². The van der Waals surface area contributed by atoms with Gasteiger partial charge >= 0.3 is 0 Å². The van der Waals surface area contributed by atoms with Gasteiger partial charge in [0.15, 0.2) is 0 Å². The molecule has 0 aliphatic rings. The summed E-state index contributed by atoms with van der Waals surface area (Å²) in [5.74, 6) is -0.0694. The Kier molecular flexibility index (Phi) is 11.7. The molecule has 0 unspecified atom stereocenters. The number of amides is 2. The minimum absolute atomic E-state index is 0.361. The Hall–Kier alpha value is -3.08. The third kappa shape index (κ3) is 8.72. The molecule has 5 heteroatoms. The molecule has 4 N–H and O–H groups in total. The van der Waals surface area contributed by atoms with Gasteiger partial charge in [-0.1, -0.05) is 38.1 Å². The molecular formula is C22H30N2O3. The van der Waals surface area contributed by atoms with Gasteiger partial charge in [-0.05, 0) is 55.2 Å². The topological polar surface area (TPSA) is 95.4 Å². The highest BCUT2D eigenvalue weighted by molar-refractivity contribution is 5.93. The second-order valence-electron chi connectivity index (χ2n) is 5.57. The lowest BCUT2D eigenvalue weighted by Gasteiger charge is -2.07. The van der Waals surface area contributed by atoms with Crippen molar-refractivity contribution >= 4 is 11.8 Å². The molecule has 0 aliphatic carbocycles. The predicted molar refractivity (Wildman–Crippen MR) is 111 cm³/mol. The van der Waals surface area contributed by atoms with E-state index in [1.54, 1.807) is 31.4 Å². The smallest absolute Gasteiger partial charge is 0.248 e. The Bertz CT molecular complexity index is 755. The van der Waals surface area contributed by atoms with Crippen molar-refractivity contribution in [3.8, 4) is 5.75 Å². The minimum atomic E-state index is -0.430. The number of aryl methyl sites for hydroxylation is 2. The SMILES string of the molecule is C=CC.CCc1ccc(C(N)=O)cc1OC.CCc1cccc(C(N)=O)c1. The highest BCUT2D eigenvalue weighted by Gasteiger charge is 2.05. The summed E-state index contributed by atoms with van der Waals surface area (Å²) in [7, 11) is 1.58. The summed E-state index contributed by atoms with van der Waals surface area (Å²) in [6.45, 7) is 9.32. The first-order valence-corrected chi connectivity index (χ1v) is 8.76. The number of carbonyl (C=O) groups excluding carboxylic acids is 2. The van der Waals surface area contributed by atoms with Gasteiger partial charge in [-0.15, -0.1) is 6.58 Å². The summed E-state index contributed by atoms with van der Waals surface area (Å²) < 4.78 is 5.12. The molecule has 0 spiro atoms. The Labute approximate surface area is 162 Å². The number of ether oxygens (including phenoxy) is 1. The number of allylic oxidation sites excluding steroid dienone is 1. The molecule has 27 heavy (non-hydrogen) atoms. The van der Waals surface area contributed by atoms with Gasteiger partial charge in [0.25, 0.3) is 0 Å². The van der Waals surface area contributed by atoms with Gasteiger partial charge in [0.2, 0.25) is 11.8 Å². The number of carbonyl (C=O) groups is 2. The van der Waals surface area contributed by atoms with E-state index in [0.29, 0.717) is 11.1 Å². The van der Waals surface area contributed by atoms with E-state index in [2.05, 4.69) is 6.58 Å². The van der Waals surface area contributed by atoms with Crippen LogP contribution in [0.2, 0.25) is 0 Å². The van der Waals surface area contributed by atoms with Crippen molar-refractivity contribution < 1.29 is 14.3 Å². The average Bonchev–Trinajstić information content (AvgIpc) is 2.68. The summed E-state index contributed by atoms with van der Waals surface area (Å²) in [6, 6.07) is 12.6. The first-order valence-electron chi connectivity index (χ1n) is 8.76. The Morgan fingerprint density at radius 2 is 1.56 bits per heavy atom. The van der Waals surface area contributed by atoms with E-state index in [9.17, 15) is 9.59 Å². The van der Waals surface area contributed by atoms with Crippen LogP contribution in [0.5, 0.6) is 5.75 Å². The lowest BCUT2D eigenvalue weighted by atomic mass is 10.1. The zero-order valence-corrected chi connectivity index (χ0v) is 16.6. The summed E-state index contributed by atoms with van der Waals surface area (Å²) in [4.78, 5) is 21.5. The Morgan fingerprint density at radius 3 is 2.00 bits per heavy atom. The summed E-state index contributed by atoms with van der Waals surface area (Å²) in [5, 5.41) is 0. The molecule has 0 saturated heterocycles. The molecule has 0 radical (unpaired) electrons. The first-order chi connectivity index (χ1) is 12.8. The van der Waals surface area contributed by atoms with Gasteiger partial charge in [0, 0.05) is 11.1 Å². The highest BCUT2D eigenvalue weighted by atomic mass is 16.5. The molecular weight excluding hydrogens is 340 g/mol. The second kappa shape index (κ2) is 13.2. The molecule has 2 aromatic carbocycles. The molecule has 2 aromatic rings. The van der Waals surface area contributed by atoms with Crippen molar-refractivity contribution in [3.63, 3.8) is 0 Å². The fraction of sp³-hybridized carbons (Fsp3) is 0.273. The van der Waals surface area contributed by atoms with E-state index in [1.807, 2.05) is 45.0 Å². The van der Waals surface area contributed by atoms with Crippen LogP contribution >= 0.6 is 0 Å². The molecule has 0 heterocycles. The Balaban J connectivity index is 0.000000442. The van der Waals surface area contributed by atoms with Gasteiger partial charge in [-0.25, -0.2) is 0 Å². The molecule has 0 aromatic heterocycles. The van der Waals surface area contributed by atoms with Crippen LogP contribution in [0.15, 0.2) is 55.1 Å². The number of rotatable bonds is 5. The van der Waals surface area contributed by atoms with Crippen LogP contribution in [0.1, 0.15) is 52.6 Å². The van der Waals surface area contributed by atoms with Crippen LogP contribution in [-0.2, 0) is 12.8 Å². The maximum absolute atomic E-state index is 10.8. The molecule has 0 aliphatic heterocycles. The van der Waals surface area contributed by atoms with E-state index < -0.39 is 5.91 Å². The minimum Gasteiger partial charge on any atom is -0.496 e. The van der Waals surface area contributed by atoms with Gasteiger partial charge in [0.05, 0.1) is 7.11 Å². The number of methoxy groups -OCH3 is 1. The summed E-state index contributed by atoms with van der Waals surface area (Å²) in [5.41, 5.74) is 13.5. The number of benzene rings is 2. The third-order valence-corrected chi connectivity index (χ3v) is 3.57. The molecule has 5 nitrogen and oxygen atoms in total. The number of primary amides is 2. The number of hydrogen-bond acceptors (Lipinski definition) is 3. The molecule has 0 saturated carbocycles. The molecule has 0 bridgehead atoms. The third-order valence-electron chi connectivity index (χ3n) is 3.57. The van der Waals surface area contributed by atoms with Gasteiger partial charge in [-0.2, -0.15) is 0 Å². The fourth-order valence-electron chi connectivity index (χ4n) is 2.13. The quantitative estimate of drug-likeness (QED) is 0.781. The van der Waals surface area contributed by atoms with Crippen molar-refractivity contribution in [2.45, 2.75) is 33.6 Å². The normalized spacial score (nSPS) is 9.04. The van der Waals surface area contributed by atoms with E-state index in [0.717, 1.165) is 29.7 Å². The van der Waals surface area contributed by atoms with Gasteiger partial charge in [0.1, 0.15) is 5.75 Å². The molecule has 2 amide bonds. The lowest BCUT2D eigenvalue weighted by molar-refractivity contribution is 0.0991. The van der Waals surface area contributed by atoms with E-state index in [-0.39, 0.29) is 5.91 Å². The van der Waals surface area contributed by atoms with Gasteiger partial charge in [-0.3, -0.25) is 9.59 Å². The van der Waals surface area contributed by atoms with Crippen molar-refractivity contribution in [3.05, 3.63) is 77.4 Å². The molecule has 0 fully saturated rings. The second-order valence-corrected chi connectivity index (χ2v) is 5.57. The summed E-state index contributed by atoms with van der Waals surface area (Å²) in [6.07, 6.45) is 3.56. The molecule has 0 atom stereocenters. The monoisotopic (exact) mass is 370 g/mol. The average molecular weight is 370 g/mol. The van der Waals surface area contributed by atoms with Crippen LogP contribution in [0, 0.1) is 0 Å². The van der Waals surface area contributed by atoms with Crippen molar-refractivity contribution in [2.24, 2.45) is 11.5 Å². The van der Waals surface area contributed by atoms with E-state index in [1.165, 1.54) is 0 Å². The summed E-state index contributed by atoms with van der Waals surface area (Å²) >= 11 is 0. The fourth-order valence-corrected chi connectivity index (χ4v) is 2.13. The maximum atomic E-state index is 10.8. The van der Waals surface area contributed by atoms with Gasteiger partial charge < -0.3 is 16.2 Å². The van der Waals surface area contributed by atoms with Crippen molar-refractivity contribution in [1.82, 2.24) is 0 Å². The highest BCUT2D eigenvalue weighted by Crippen LogP contribution is 2.20.